The number of hydrogen-bond acceptors (Lipinski definition) is 7. The molecule has 0 radical (unpaired) electrons. The van der Waals surface area contributed by atoms with E-state index in [1.54, 1.807) is 19.2 Å². The van der Waals surface area contributed by atoms with Crippen LogP contribution in [-0.2, 0) is 14.9 Å². The Morgan fingerprint density at radius 2 is 1.90 bits per heavy atom. The lowest BCUT2D eigenvalue weighted by atomic mass is 9.47. The van der Waals surface area contributed by atoms with Crippen LogP contribution in [0.25, 0.3) is 0 Å². The molecule has 1 amide bonds. The largest absolute Gasteiger partial charge is 0.497 e. The van der Waals surface area contributed by atoms with Crippen molar-refractivity contribution in [2.45, 2.75) is 62.8 Å². The predicted octanol–water partition coefficient (Wildman–Crippen LogP) is 3.21. The van der Waals surface area contributed by atoms with Crippen LogP contribution in [-0.4, -0.2) is 79.5 Å². The molecule has 3 aliphatic heterocycles. The first kappa shape index (κ1) is 26.8. The van der Waals surface area contributed by atoms with Crippen molar-refractivity contribution in [1.82, 2.24) is 10.2 Å². The first-order valence-electron chi connectivity index (χ1n) is 14.2. The van der Waals surface area contributed by atoms with Crippen LogP contribution in [0.5, 0.6) is 5.75 Å². The second kappa shape index (κ2) is 9.35. The average Bonchev–Trinajstić information content (AvgIpc) is 3.46. The molecule has 0 bridgehead atoms. The molecule has 2 aromatic rings. The third kappa shape index (κ3) is 3.51. The van der Waals surface area contributed by atoms with E-state index in [1.165, 1.54) is 12.5 Å². The summed E-state index contributed by atoms with van der Waals surface area (Å²) in [6.07, 6.45) is 4.96. The molecule has 8 heteroatoms. The zero-order valence-corrected chi connectivity index (χ0v) is 23.9. The molecule has 1 saturated heterocycles. The lowest BCUT2D eigenvalue weighted by Crippen LogP contribution is -2.81. The van der Waals surface area contributed by atoms with Gasteiger partial charge in [0.15, 0.2) is 0 Å². The van der Waals surface area contributed by atoms with Gasteiger partial charge >= 0.3 is 5.97 Å². The lowest BCUT2D eigenvalue weighted by Gasteiger charge is -2.64. The number of amides is 1. The molecule has 1 aliphatic carbocycles. The van der Waals surface area contributed by atoms with Gasteiger partial charge in [0, 0.05) is 54.7 Å². The number of nitrogens with zero attached hydrogens (tertiary/aromatic N) is 2. The smallest absolute Gasteiger partial charge is 0.303 e. The van der Waals surface area contributed by atoms with Crippen LogP contribution in [0, 0.1) is 12.3 Å². The number of anilines is 1. The first-order valence-corrected chi connectivity index (χ1v) is 14.2. The Balaban J connectivity index is 1.53. The van der Waals surface area contributed by atoms with Gasteiger partial charge in [-0.1, -0.05) is 42.8 Å². The van der Waals surface area contributed by atoms with Crippen molar-refractivity contribution >= 4 is 17.6 Å². The fourth-order valence-corrected chi connectivity index (χ4v) is 8.67. The number of methoxy groups -OCH3 is 1. The maximum absolute atomic E-state index is 13.4. The minimum Gasteiger partial charge on any atom is -0.497 e. The minimum atomic E-state index is -1.60. The highest BCUT2D eigenvalue weighted by atomic mass is 16.6. The summed E-state index contributed by atoms with van der Waals surface area (Å²) in [5.74, 6) is 0.0225. The van der Waals surface area contributed by atoms with E-state index < -0.39 is 34.5 Å². The number of rotatable bonds is 6. The Hall–Kier alpha value is -3.36. The molecule has 6 atom stereocenters. The molecule has 1 saturated carbocycles. The zero-order chi connectivity index (χ0) is 28.4. The number of aliphatic hydroxyl groups is 1. The van der Waals surface area contributed by atoms with Gasteiger partial charge < -0.3 is 24.8 Å². The number of carbonyl (C=O) groups excluding carboxylic acids is 2. The van der Waals surface area contributed by atoms with Gasteiger partial charge in [-0.2, -0.15) is 0 Å². The van der Waals surface area contributed by atoms with Gasteiger partial charge in [-0.3, -0.25) is 14.5 Å². The van der Waals surface area contributed by atoms with Crippen LogP contribution >= 0.6 is 0 Å². The molecular formula is C32H39N3O5. The summed E-state index contributed by atoms with van der Waals surface area (Å²) >= 11 is 0. The monoisotopic (exact) mass is 545 g/mol. The van der Waals surface area contributed by atoms with Gasteiger partial charge in [0.05, 0.1) is 19.7 Å². The average molecular weight is 546 g/mol. The van der Waals surface area contributed by atoms with Crippen molar-refractivity contribution in [2.75, 3.05) is 38.7 Å². The summed E-state index contributed by atoms with van der Waals surface area (Å²) in [5, 5.41) is 16.1. The molecule has 0 aromatic heterocycles. The molecule has 8 nitrogen and oxygen atoms in total. The van der Waals surface area contributed by atoms with E-state index in [0.29, 0.717) is 12.0 Å². The van der Waals surface area contributed by atoms with Crippen LogP contribution in [0.1, 0.15) is 48.2 Å². The molecule has 2 N–H and O–H groups in total. The number of aryl methyl sites for hydroxylation is 1. The molecule has 3 heterocycles. The third-order valence-corrected chi connectivity index (χ3v) is 10.1. The van der Waals surface area contributed by atoms with Crippen molar-refractivity contribution in [2.24, 2.45) is 5.41 Å². The molecule has 212 valence electrons. The Bertz CT molecular complexity index is 1380. The van der Waals surface area contributed by atoms with Gasteiger partial charge in [0.2, 0.25) is 0 Å². The topological polar surface area (TPSA) is 91.3 Å². The van der Waals surface area contributed by atoms with Crippen LogP contribution in [0.15, 0.2) is 54.6 Å². The van der Waals surface area contributed by atoms with E-state index in [9.17, 15) is 14.7 Å². The minimum absolute atomic E-state index is 0.00881. The van der Waals surface area contributed by atoms with Gasteiger partial charge in [-0.05, 0) is 50.1 Å². The molecule has 2 fully saturated rings. The molecule has 40 heavy (non-hydrogen) atoms. The lowest BCUT2D eigenvalue weighted by molar-refractivity contribution is -0.216. The summed E-state index contributed by atoms with van der Waals surface area (Å²) in [6.45, 7) is 7.09. The van der Waals surface area contributed by atoms with E-state index in [2.05, 4.69) is 40.3 Å². The quantitative estimate of drug-likeness (QED) is 0.426. The van der Waals surface area contributed by atoms with Crippen LogP contribution < -0.4 is 15.0 Å². The van der Waals surface area contributed by atoms with Gasteiger partial charge in [-0.15, -0.1) is 0 Å². The Labute approximate surface area is 235 Å². The van der Waals surface area contributed by atoms with Crippen molar-refractivity contribution in [1.29, 1.82) is 0 Å². The fraction of sp³-hybridized carbons (Fsp3) is 0.500. The Morgan fingerprint density at radius 3 is 2.58 bits per heavy atom. The predicted molar refractivity (Wildman–Crippen MR) is 153 cm³/mol. The second-order valence-electron chi connectivity index (χ2n) is 12.0. The van der Waals surface area contributed by atoms with Crippen LogP contribution in [0.2, 0.25) is 0 Å². The number of likely N-dealkylation sites (N-methyl/N-ethyl adjacent to an activating group) is 1. The SMILES string of the molecule is CC[C@]12C=CCN3CC[C@@]4(c5ccc(OC)cc5N(C)[C@H]4[C@@](O)(CNC(=O)c4ccc(C)cc4)[C@@H]1OC(C)=O)C32. The number of fused-ring (bicyclic) bond motifs is 1. The van der Waals surface area contributed by atoms with Crippen molar-refractivity contribution < 1.29 is 24.2 Å². The molecule has 1 unspecified atom stereocenters. The van der Waals surface area contributed by atoms with Gasteiger partial charge in [0.1, 0.15) is 17.5 Å². The highest BCUT2D eigenvalue weighted by Crippen LogP contribution is 2.67. The fourth-order valence-electron chi connectivity index (χ4n) is 8.67. The molecular weight excluding hydrogens is 506 g/mol. The highest BCUT2D eigenvalue weighted by molar-refractivity contribution is 5.94. The van der Waals surface area contributed by atoms with Crippen molar-refractivity contribution in [3.63, 3.8) is 0 Å². The van der Waals surface area contributed by atoms with Crippen molar-refractivity contribution in [3.05, 3.63) is 71.3 Å². The van der Waals surface area contributed by atoms with Crippen LogP contribution in [0.4, 0.5) is 5.69 Å². The number of nitrogens with one attached hydrogen (secondary N) is 1. The number of benzene rings is 2. The van der Waals surface area contributed by atoms with E-state index in [0.717, 1.165) is 36.5 Å². The maximum atomic E-state index is 13.4. The van der Waals surface area contributed by atoms with E-state index >= 15 is 0 Å². The number of hydrogen-bond donors (Lipinski definition) is 2. The van der Waals surface area contributed by atoms with E-state index in [-0.39, 0.29) is 18.5 Å². The zero-order valence-electron chi connectivity index (χ0n) is 23.9. The van der Waals surface area contributed by atoms with Crippen molar-refractivity contribution in [3.8, 4) is 5.75 Å². The number of carbonyl (C=O) groups is 2. The molecule has 6 rings (SSSR count). The molecule has 4 aliphatic rings. The normalized spacial score (nSPS) is 33.6. The van der Waals surface area contributed by atoms with Crippen LogP contribution in [0.3, 0.4) is 0 Å². The highest BCUT2D eigenvalue weighted by Gasteiger charge is 2.77. The summed E-state index contributed by atoms with van der Waals surface area (Å²) in [4.78, 5) is 30.7. The van der Waals surface area contributed by atoms with E-state index in [1.807, 2.05) is 38.2 Å². The van der Waals surface area contributed by atoms with E-state index in [4.69, 9.17) is 9.47 Å². The standard InChI is InChI=1S/C32H39N3O5/c1-6-30-14-7-16-35-17-15-31(27(30)35)24-13-12-23(39-5)18-25(24)34(4)28(31)32(38,29(30)40-21(3)36)19-33-26(37)22-10-8-20(2)9-11-22/h7-14,18,27-29,38H,6,15-17,19H2,1-5H3,(H,33,37)/t27?,28-,29-,30-,31-,32+/m1/s1. The Kier molecular flexibility index (Phi) is 6.27. The summed E-state index contributed by atoms with van der Waals surface area (Å²) in [5.41, 5.74) is 1.05. The summed E-state index contributed by atoms with van der Waals surface area (Å²) in [6, 6.07) is 13.1. The molecule has 2 aromatic carbocycles. The molecule has 1 spiro atoms. The number of ether oxygens (including phenoxy) is 2. The second-order valence-corrected chi connectivity index (χ2v) is 12.0. The summed E-state index contributed by atoms with van der Waals surface area (Å²) in [7, 11) is 3.65. The first-order chi connectivity index (χ1) is 19.1. The van der Waals surface area contributed by atoms with Gasteiger partial charge in [-0.25, -0.2) is 0 Å². The third-order valence-electron chi connectivity index (χ3n) is 10.1. The number of esters is 1. The maximum Gasteiger partial charge on any atom is 0.303 e. The Morgan fingerprint density at radius 1 is 1.15 bits per heavy atom. The summed E-state index contributed by atoms with van der Waals surface area (Å²) < 4.78 is 11.8. The van der Waals surface area contributed by atoms with Gasteiger partial charge in [0.25, 0.3) is 5.91 Å².